The van der Waals surface area contributed by atoms with Gasteiger partial charge in [0.2, 0.25) is 11.8 Å². The fourth-order valence-electron chi connectivity index (χ4n) is 3.14. The predicted octanol–water partition coefficient (Wildman–Crippen LogP) is 3.32. The van der Waals surface area contributed by atoms with Gasteiger partial charge in [0, 0.05) is 37.9 Å². The molecule has 0 unspecified atom stereocenters. The Morgan fingerprint density at radius 2 is 1.92 bits per heavy atom. The van der Waals surface area contributed by atoms with Gasteiger partial charge >= 0.3 is 0 Å². The van der Waals surface area contributed by atoms with Crippen molar-refractivity contribution in [3.05, 3.63) is 47.9 Å². The van der Waals surface area contributed by atoms with Gasteiger partial charge in [-0.15, -0.1) is 0 Å². The van der Waals surface area contributed by atoms with Gasteiger partial charge in [-0.2, -0.15) is 4.98 Å². The van der Waals surface area contributed by atoms with Gasteiger partial charge in [0.25, 0.3) is 0 Å². The quantitative estimate of drug-likeness (QED) is 0.795. The molecule has 1 amide bonds. The van der Waals surface area contributed by atoms with Gasteiger partial charge in [-0.1, -0.05) is 18.2 Å². The minimum atomic E-state index is 0.156. The molecule has 2 heterocycles. The lowest BCUT2D eigenvalue weighted by molar-refractivity contribution is -0.133. The fourth-order valence-corrected chi connectivity index (χ4v) is 3.14. The van der Waals surface area contributed by atoms with Gasteiger partial charge in [-0.05, 0) is 31.9 Å². The third-order valence-corrected chi connectivity index (χ3v) is 4.55. The number of aromatic nitrogens is 2. The van der Waals surface area contributed by atoms with E-state index in [1.54, 1.807) is 7.11 Å². The molecule has 0 bridgehead atoms. The van der Waals surface area contributed by atoms with Crippen molar-refractivity contribution in [3.63, 3.8) is 0 Å². The lowest BCUT2D eigenvalue weighted by atomic mass is 9.95. The highest BCUT2D eigenvalue weighted by Crippen LogP contribution is 2.28. The van der Waals surface area contributed by atoms with Gasteiger partial charge in [-0.25, -0.2) is 4.98 Å². The molecule has 6 heteroatoms. The van der Waals surface area contributed by atoms with Gasteiger partial charge < -0.3 is 14.4 Å². The second-order valence-electron chi connectivity index (χ2n) is 6.52. The van der Waals surface area contributed by atoms with Crippen LogP contribution in [0.4, 0.5) is 0 Å². The first-order valence-electron chi connectivity index (χ1n) is 9.01. The summed E-state index contributed by atoms with van der Waals surface area (Å²) < 4.78 is 10.9. The summed E-state index contributed by atoms with van der Waals surface area (Å²) in [7, 11) is 1.61. The molecule has 0 N–H and O–H groups in total. The van der Waals surface area contributed by atoms with E-state index in [1.165, 1.54) is 0 Å². The van der Waals surface area contributed by atoms with Crippen LogP contribution < -0.4 is 4.74 Å². The van der Waals surface area contributed by atoms with Gasteiger partial charge in [0.1, 0.15) is 11.6 Å². The lowest BCUT2D eigenvalue weighted by Gasteiger charge is -2.31. The van der Waals surface area contributed by atoms with Crippen LogP contribution in [0.2, 0.25) is 0 Å². The van der Waals surface area contributed by atoms with Crippen LogP contribution in [0.1, 0.15) is 36.7 Å². The summed E-state index contributed by atoms with van der Waals surface area (Å²) in [5.74, 6) is 2.54. The van der Waals surface area contributed by atoms with Crippen LogP contribution in [0, 0.1) is 6.92 Å². The van der Waals surface area contributed by atoms with Gasteiger partial charge in [-0.3, -0.25) is 4.79 Å². The topological polar surface area (TPSA) is 64.5 Å². The van der Waals surface area contributed by atoms with E-state index in [-0.39, 0.29) is 11.8 Å². The van der Waals surface area contributed by atoms with Crippen molar-refractivity contribution in [2.45, 2.75) is 32.1 Å². The van der Waals surface area contributed by atoms with E-state index >= 15 is 0 Å². The number of nitrogens with zero attached hydrogens (tertiary/aromatic N) is 3. The van der Waals surface area contributed by atoms with E-state index in [1.807, 2.05) is 48.2 Å². The molecule has 0 radical (unpaired) electrons. The molecule has 0 aliphatic carbocycles. The maximum absolute atomic E-state index is 12.1. The first-order chi connectivity index (χ1) is 12.7. The summed E-state index contributed by atoms with van der Waals surface area (Å²) in [5, 5.41) is 0. The molecule has 3 rings (SSSR count). The third kappa shape index (κ3) is 4.79. The summed E-state index contributed by atoms with van der Waals surface area (Å²) >= 11 is 0. The summed E-state index contributed by atoms with van der Waals surface area (Å²) in [6, 6.07) is 11.5. The number of carbonyl (C=O) groups excluding carboxylic acids is 1. The van der Waals surface area contributed by atoms with E-state index in [0.29, 0.717) is 18.9 Å². The van der Waals surface area contributed by atoms with E-state index in [4.69, 9.17) is 9.47 Å². The Hall–Kier alpha value is -2.47. The Balaban J connectivity index is 1.64. The third-order valence-electron chi connectivity index (χ3n) is 4.55. The molecule has 6 nitrogen and oxygen atoms in total. The van der Waals surface area contributed by atoms with Crippen molar-refractivity contribution >= 4 is 5.91 Å². The average molecular weight is 355 g/mol. The van der Waals surface area contributed by atoms with Crippen molar-refractivity contribution in [2.75, 3.05) is 26.8 Å². The highest BCUT2D eigenvalue weighted by atomic mass is 16.5. The standard InChI is InChI=1S/C20H25N3O3/c1-15-14-18(26-17-6-4-3-5-7-17)22-20(21-15)16-8-11-23(12-9-16)19(24)10-13-25-2/h3-7,14,16H,8-13H2,1-2H3. The van der Waals surface area contributed by atoms with Crippen molar-refractivity contribution in [1.29, 1.82) is 0 Å². The number of carbonyl (C=O) groups is 1. The summed E-state index contributed by atoms with van der Waals surface area (Å²) in [6.07, 6.45) is 2.18. The zero-order chi connectivity index (χ0) is 18.4. The van der Waals surface area contributed by atoms with Crippen LogP contribution in [0.5, 0.6) is 11.6 Å². The minimum absolute atomic E-state index is 0.156. The van der Waals surface area contributed by atoms with E-state index < -0.39 is 0 Å². The van der Waals surface area contributed by atoms with Crippen LogP contribution >= 0.6 is 0 Å². The zero-order valence-electron chi connectivity index (χ0n) is 15.4. The van der Waals surface area contributed by atoms with Crippen LogP contribution in [0.25, 0.3) is 0 Å². The number of rotatable bonds is 6. The maximum atomic E-state index is 12.1. The highest BCUT2D eigenvalue weighted by Gasteiger charge is 2.25. The number of ether oxygens (including phenoxy) is 2. The van der Waals surface area contributed by atoms with Crippen molar-refractivity contribution in [3.8, 4) is 11.6 Å². The van der Waals surface area contributed by atoms with Crippen LogP contribution in [0.3, 0.4) is 0 Å². The van der Waals surface area contributed by atoms with Crippen molar-refractivity contribution in [1.82, 2.24) is 14.9 Å². The smallest absolute Gasteiger partial charge is 0.224 e. The predicted molar refractivity (Wildman–Crippen MR) is 98.3 cm³/mol. The second-order valence-corrected chi connectivity index (χ2v) is 6.52. The zero-order valence-corrected chi connectivity index (χ0v) is 15.4. The van der Waals surface area contributed by atoms with E-state index in [2.05, 4.69) is 9.97 Å². The Morgan fingerprint density at radius 3 is 2.62 bits per heavy atom. The number of hydrogen-bond acceptors (Lipinski definition) is 5. The molecular formula is C20H25N3O3. The largest absolute Gasteiger partial charge is 0.439 e. The Morgan fingerprint density at radius 1 is 1.19 bits per heavy atom. The number of methoxy groups -OCH3 is 1. The number of piperidine rings is 1. The molecule has 0 saturated carbocycles. The SMILES string of the molecule is COCCC(=O)N1CCC(c2nc(C)cc(Oc3ccccc3)n2)CC1. The molecule has 1 fully saturated rings. The normalized spacial score (nSPS) is 15.1. The molecule has 26 heavy (non-hydrogen) atoms. The monoisotopic (exact) mass is 355 g/mol. The van der Waals surface area contributed by atoms with Crippen LogP contribution in [-0.2, 0) is 9.53 Å². The number of hydrogen-bond donors (Lipinski definition) is 0. The molecular weight excluding hydrogens is 330 g/mol. The van der Waals surface area contributed by atoms with Crippen LogP contribution in [-0.4, -0.2) is 47.6 Å². The van der Waals surface area contributed by atoms with Crippen LogP contribution in [0.15, 0.2) is 36.4 Å². The number of para-hydroxylation sites is 1. The molecule has 1 aliphatic rings. The highest BCUT2D eigenvalue weighted by molar-refractivity contribution is 5.76. The average Bonchev–Trinajstić information content (AvgIpc) is 2.66. The van der Waals surface area contributed by atoms with Crippen molar-refractivity contribution in [2.24, 2.45) is 0 Å². The number of amides is 1. The van der Waals surface area contributed by atoms with Gasteiger partial charge in [0.05, 0.1) is 13.0 Å². The molecule has 1 saturated heterocycles. The molecule has 1 aromatic carbocycles. The van der Waals surface area contributed by atoms with Crippen molar-refractivity contribution < 1.29 is 14.3 Å². The molecule has 0 atom stereocenters. The Bertz CT molecular complexity index is 728. The first kappa shape index (κ1) is 18.3. The number of aryl methyl sites for hydroxylation is 1. The Labute approximate surface area is 154 Å². The van der Waals surface area contributed by atoms with E-state index in [9.17, 15) is 4.79 Å². The summed E-state index contributed by atoms with van der Waals surface area (Å²) in [6.45, 7) is 3.89. The molecule has 1 aliphatic heterocycles. The number of benzene rings is 1. The number of likely N-dealkylation sites (tertiary alicyclic amines) is 1. The van der Waals surface area contributed by atoms with E-state index in [0.717, 1.165) is 43.2 Å². The molecule has 1 aromatic heterocycles. The minimum Gasteiger partial charge on any atom is -0.439 e. The van der Waals surface area contributed by atoms with Gasteiger partial charge in [0.15, 0.2) is 0 Å². The second kappa shape index (κ2) is 8.76. The fraction of sp³-hybridized carbons (Fsp3) is 0.450. The molecule has 0 spiro atoms. The Kier molecular flexibility index (Phi) is 6.17. The first-order valence-corrected chi connectivity index (χ1v) is 9.01. The summed E-state index contributed by atoms with van der Waals surface area (Å²) in [4.78, 5) is 23.2. The lowest BCUT2D eigenvalue weighted by Crippen LogP contribution is -2.38. The maximum Gasteiger partial charge on any atom is 0.224 e. The summed E-state index contributed by atoms with van der Waals surface area (Å²) in [5.41, 5.74) is 0.888. The molecule has 138 valence electrons. The molecule has 2 aromatic rings.